The van der Waals surface area contributed by atoms with Crippen LogP contribution in [0.4, 0.5) is 0 Å². The summed E-state index contributed by atoms with van der Waals surface area (Å²) >= 11 is 1.55. The molecule has 0 spiro atoms. The van der Waals surface area contributed by atoms with E-state index in [2.05, 4.69) is 11.9 Å². The molecule has 0 aromatic heterocycles. The lowest BCUT2D eigenvalue weighted by Gasteiger charge is -2.33. The molecule has 5 nitrogen and oxygen atoms in total. The molecular formula is C16H24N2O3S. The Morgan fingerprint density at radius 1 is 1.14 bits per heavy atom. The lowest BCUT2D eigenvalue weighted by Crippen LogP contribution is -2.49. The van der Waals surface area contributed by atoms with Crippen molar-refractivity contribution in [2.75, 3.05) is 47.4 Å². The van der Waals surface area contributed by atoms with Gasteiger partial charge in [0.15, 0.2) is 11.5 Å². The van der Waals surface area contributed by atoms with E-state index < -0.39 is 0 Å². The highest BCUT2D eigenvalue weighted by molar-refractivity contribution is 8.00. The van der Waals surface area contributed by atoms with E-state index in [4.69, 9.17) is 9.47 Å². The molecule has 0 unspecified atom stereocenters. The summed E-state index contributed by atoms with van der Waals surface area (Å²) in [5, 5.41) is -0.110. The number of likely N-dealkylation sites (N-methyl/N-ethyl adjacent to an activating group) is 1. The fourth-order valence-electron chi connectivity index (χ4n) is 2.43. The molecule has 0 aliphatic carbocycles. The molecule has 1 aromatic carbocycles. The summed E-state index contributed by atoms with van der Waals surface area (Å²) in [7, 11) is 5.32. The summed E-state index contributed by atoms with van der Waals surface area (Å²) in [6, 6.07) is 5.74. The number of carbonyl (C=O) groups excluding carboxylic acids is 1. The smallest absolute Gasteiger partial charge is 0.235 e. The number of thioether (sulfide) groups is 1. The number of carbonyl (C=O) groups is 1. The van der Waals surface area contributed by atoms with Crippen molar-refractivity contribution in [1.29, 1.82) is 0 Å². The Bertz CT molecular complexity index is 516. The maximum atomic E-state index is 12.5. The van der Waals surface area contributed by atoms with Gasteiger partial charge in [0.25, 0.3) is 0 Å². The van der Waals surface area contributed by atoms with Gasteiger partial charge in [-0.25, -0.2) is 0 Å². The minimum absolute atomic E-state index is 0.110. The van der Waals surface area contributed by atoms with Gasteiger partial charge in [-0.05, 0) is 32.2 Å². The van der Waals surface area contributed by atoms with Crippen LogP contribution in [0.5, 0.6) is 11.5 Å². The highest BCUT2D eigenvalue weighted by Gasteiger charge is 2.24. The molecule has 122 valence electrons. The van der Waals surface area contributed by atoms with E-state index in [1.165, 1.54) is 0 Å². The zero-order valence-corrected chi connectivity index (χ0v) is 14.5. The highest BCUT2D eigenvalue weighted by Crippen LogP contribution is 2.33. The van der Waals surface area contributed by atoms with Gasteiger partial charge >= 0.3 is 0 Å². The largest absolute Gasteiger partial charge is 0.493 e. The minimum atomic E-state index is -0.110. The van der Waals surface area contributed by atoms with Gasteiger partial charge in [-0.15, -0.1) is 11.8 Å². The molecule has 2 rings (SSSR count). The van der Waals surface area contributed by atoms with E-state index in [1.807, 2.05) is 30.0 Å². The number of ether oxygens (including phenoxy) is 2. The van der Waals surface area contributed by atoms with Crippen molar-refractivity contribution < 1.29 is 14.3 Å². The van der Waals surface area contributed by atoms with E-state index in [9.17, 15) is 4.79 Å². The number of hydrogen-bond donors (Lipinski definition) is 0. The lowest BCUT2D eigenvalue weighted by atomic mass is 10.3. The van der Waals surface area contributed by atoms with Crippen molar-refractivity contribution in [3.05, 3.63) is 18.2 Å². The van der Waals surface area contributed by atoms with E-state index in [1.54, 1.807) is 26.0 Å². The van der Waals surface area contributed by atoms with Crippen molar-refractivity contribution >= 4 is 17.7 Å². The quantitative estimate of drug-likeness (QED) is 0.775. The molecule has 0 bridgehead atoms. The van der Waals surface area contributed by atoms with Gasteiger partial charge in [0.1, 0.15) is 0 Å². The van der Waals surface area contributed by atoms with Crippen LogP contribution in [0.3, 0.4) is 0 Å². The maximum Gasteiger partial charge on any atom is 0.235 e. The average Bonchev–Trinajstić information content (AvgIpc) is 2.54. The lowest BCUT2D eigenvalue weighted by molar-refractivity contribution is -0.131. The van der Waals surface area contributed by atoms with Crippen LogP contribution in [-0.2, 0) is 4.79 Å². The molecule has 1 fully saturated rings. The number of hydrogen-bond acceptors (Lipinski definition) is 5. The molecule has 22 heavy (non-hydrogen) atoms. The predicted molar refractivity (Wildman–Crippen MR) is 88.9 cm³/mol. The van der Waals surface area contributed by atoms with Crippen LogP contribution in [0.25, 0.3) is 0 Å². The summed E-state index contributed by atoms with van der Waals surface area (Å²) < 4.78 is 10.5. The summed E-state index contributed by atoms with van der Waals surface area (Å²) in [5.41, 5.74) is 0. The Hall–Kier alpha value is -1.40. The van der Waals surface area contributed by atoms with Crippen LogP contribution >= 0.6 is 11.8 Å². The summed E-state index contributed by atoms with van der Waals surface area (Å²) in [4.78, 5) is 17.7. The van der Waals surface area contributed by atoms with Gasteiger partial charge in [0.05, 0.1) is 19.5 Å². The first-order valence-electron chi connectivity index (χ1n) is 7.41. The first kappa shape index (κ1) is 17.0. The number of piperazine rings is 1. The SMILES string of the molecule is COc1ccc(S[C@@H](C)C(=O)N2CCN(C)CC2)cc1OC. The second-order valence-electron chi connectivity index (χ2n) is 5.41. The molecule has 6 heteroatoms. The van der Waals surface area contributed by atoms with Crippen LogP contribution in [0.2, 0.25) is 0 Å². The Morgan fingerprint density at radius 3 is 2.36 bits per heavy atom. The van der Waals surface area contributed by atoms with Crippen molar-refractivity contribution in [3.63, 3.8) is 0 Å². The highest BCUT2D eigenvalue weighted by atomic mass is 32.2. The topological polar surface area (TPSA) is 42.0 Å². The molecule has 1 heterocycles. The second kappa shape index (κ2) is 7.74. The van der Waals surface area contributed by atoms with Crippen LogP contribution in [0.15, 0.2) is 23.1 Å². The second-order valence-corrected chi connectivity index (χ2v) is 6.82. The number of benzene rings is 1. The Balaban J connectivity index is 1.99. The van der Waals surface area contributed by atoms with Crippen LogP contribution in [-0.4, -0.2) is 68.4 Å². The molecule has 1 aromatic rings. The van der Waals surface area contributed by atoms with E-state index in [-0.39, 0.29) is 11.2 Å². The van der Waals surface area contributed by atoms with Crippen LogP contribution in [0, 0.1) is 0 Å². The van der Waals surface area contributed by atoms with Gasteiger partial charge < -0.3 is 19.3 Å². The predicted octanol–water partition coefficient (Wildman–Crippen LogP) is 1.96. The molecule has 1 aliphatic heterocycles. The number of amides is 1. The van der Waals surface area contributed by atoms with E-state index >= 15 is 0 Å². The molecule has 0 N–H and O–H groups in total. The van der Waals surface area contributed by atoms with Gasteiger partial charge in [-0.2, -0.15) is 0 Å². The monoisotopic (exact) mass is 324 g/mol. The third-order valence-corrected chi connectivity index (χ3v) is 4.91. The van der Waals surface area contributed by atoms with Crippen molar-refractivity contribution in [1.82, 2.24) is 9.80 Å². The Kier molecular flexibility index (Phi) is 5.97. The fourth-order valence-corrected chi connectivity index (χ4v) is 3.41. The normalized spacial score (nSPS) is 17.2. The third-order valence-electron chi connectivity index (χ3n) is 3.83. The van der Waals surface area contributed by atoms with Crippen molar-refractivity contribution in [3.8, 4) is 11.5 Å². The Labute approximate surface area is 136 Å². The van der Waals surface area contributed by atoms with Gasteiger partial charge in [-0.3, -0.25) is 4.79 Å². The van der Waals surface area contributed by atoms with Crippen LogP contribution < -0.4 is 9.47 Å². The van der Waals surface area contributed by atoms with E-state index in [0.29, 0.717) is 11.5 Å². The standard InChI is InChI=1S/C16H24N2O3S/c1-12(16(19)18-9-7-17(2)8-10-18)22-13-5-6-14(20-3)15(11-13)21-4/h5-6,11-12H,7-10H2,1-4H3/t12-/m0/s1. The molecule has 1 atom stereocenters. The van der Waals surface area contributed by atoms with E-state index in [0.717, 1.165) is 31.1 Å². The zero-order chi connectivity index (χ0) is 16.1. The molecule has 0 radical (unpaired) electrons. The summed E-state index contributed by atoms with van der Waals surface area (Å²) in [6.45, 7) is 5.47. The number of rotatable bonds is 5. The summed E-state index contributed by atoms with van der Waals surface area (Å²) in [6.07, 6.45) is 0. The Morgan fingerprint density at radius 2 is 1.77 bits per heavy atom. The number of methoxy groups -OCH3 is 2. The van der Waals surface area contributed by atoms with Gasteiger partial charge in [-0.1, -0.05) is 0 Å². The average molecular weight is 324 g/mol. The zero-order valence-electron chi connectivity index (χ0n) is 13.7. The molecular weight excluding hydrogens is 300 g/mol. The van der Waals surface area contributed by atoms with Crippen molar-refractivity contribution in [2.45, 2.75) is 17.1 Å². The number of nitrogens with zero attached hydrogens (tertiary/aromatic N) is 2. The third kappa shape index (κ3) is 4.08. The first-order chi connectivity index (χ1) is 10.5. The molecule has 1 amide bonds. The van der Waals surface area contributed by atoms with Gasteiger partial charge in [0, 0.05) is 31.1 Å². The maximum absolute atomic E-state index is 12.5. The summed E-state index contributed by atoms with van der Waals surface area (Å²) in [5.74, 6) is 1.59. The molecule has 0 saturated carbocycles. The molecule has 1 aliphatic rings. The fraction of sp³-hybridized carbons (Fsp3) is 0.562. The van der Waals surface area contributed by atoms with Gasteiger partial charge in [0.2, 0.25) is 5.91 Å². The van der Waals surface area contributed by atoms with Crippen molar-refractivity contribution in [2.24, 2.45) is 0 Å². The van der Waals surface area contributed by atoms with Crippen LogP contribution in [0.1, 0.15) is 6.92 Å². The first-order valence-corrected chi connectivity index (χ1v) is 8.29. The minimum Gasteiger partial charge on any atom is -0.493 e. The molecule has 1 saturated heterocycles.